The van der Waals surface area contributed by atoms with Gasteiger partial charge in [-0.2, -0.15) is 4.31 Å². The van der Waals surface area contributed by atoms with Crippen molar-refractivity contribution in [2.45, 2.75) is 45.4 Å². The van der Waals surface area contributed by atoms with Crippen LogP contribution in [0, 0.1) is 11.8 Å². The molecule has 2 rings (SSSR count). The maximum absolute atomic E-state index is 13.2. The van der Waals surface area contributed by atoms with Gasteiger partial charge >= 0.3 is 0 Å². The van der Waals surface area contributed by atoms with Gasteiger partial charge in [0.1, 0.15) is 0 Å². The van der Waals surface area contributed by atoms with Crippen LogP contribution in [0.5, 0.6) is 0 Å². The van der Waals surface area contributed by atoms with Crippen LogP contribution < -0.4 is 9.62 Å². The summed E-state index contributed by atoms with van der Waals surface area (Å²) in [6.07, 6.45) is 3.14. The SMILES string of the molecule is CC(C)CC(=O)Nc1ccc(S(=O)(=O)N(C(=O)CC(C)C)c2ncccn2)cc1. The molecular weight excluding hydrogens is 392 g/mol. The molecule has 0 fully saturated rings. The second-order valence-electron chi connectivity index (χ2n) is 7.48. The number of aromatic nitrogens is 2. The number of anilines is 2. The summed E-state index contributed by atoms with van der Waals surface area (Å²) in [6, 6.07) is 7.21. The molecule has 0 aliphatic carbocycles. The Morgan fingerprint density at radius 3 is 2.03 bits per heavy atom. The van der Waals surface area contributed by atoms with Crippen LogP contribution in [0.1, 0.15) is 40.5 Å². The topological polar surface area (TPSA) is 109 Å². The molecule has 156 valence electrons. The van der Waals surface area contributed by atoms with E-state index in [9.17, 15) is 18.0 Å². The van der Waals surface area contributed by atoms with Crippen molar-refractivity contribution < 1.29 is 18.0 Å². The number of hydrogen-bond acceptors (Lipinski definition) is 6. The van der Waals surface area contributed by atoms with E-state index in [4.69, 9.17) is 0 Å². The molecule has 0 saturated heterocycles. The van der Waals surface area contributed by atoms with Gasteiger partial charge in [0.15, 0.2) is 0 Å². The van der Waals surface area contributed by atoms with Crippen molar-refractivity contribution in [3.63, 3.8) is 0 Å². The lowest BCUT2D eigenvalue weighted by atomic mass is 10.1. The van der Waals surface area contributed by atoms with E-state index in [2.05, 4.69) is 15.3 Å². The van der Waals surface area contributed by atoms with Gasteiger partial charge in [-0.3, -0.25) is 9.59 Å². The van der Waals surface area contributed by atoms with E-state index in [0.29, 0.717) is 16.4 Å². The van der Waals surface area contributed by atoms with Crippen LogP contribution in [0.15, 0.2) is 47.6 Å². The first-order valence-electron chi connectivity index (χ1n) is 9.36. The summed E-state index contributed by atoms with van der Waals surface area (Å²) in [5, 5.41) is 2.72. The van der Waals surface area contributed by atoms with Gasteiger partial charge in [-0.1, -0.05) is 27.7 Å². The quantitative estimate of drug-likeness (QED) is 0.705. The Kier molecular flexibility index (Phi) is 7.44. The molecule has 1 N–H and O–H groups in total. The van der Waals surface area contributed by atoms with Crippen LogP contribution in [-0.4, -0.2) is 30.2 Å². The van der Waals surface area contributed by atoms with E-state index in [0.717, 1.165) is 0 Å². The van der Waals surface area contributed by atoms with Crippen LogP contribution in [0.25, 0.3) is 0 Å². The van der Waals surface area contributed by atoms with Crippen molar-refractivity contribution >= 4 is 33.5 Å². The molecule has 2 aromatic rings. The standard InChI is InChI=1S/C20H26N4O4S/c1-14(2)12-18(25)23-16-6-8-17(9-7-16)29(27,28)24(19(26)13-15(3)4)20-21-10-5-11-22-20/h5-11,14-15H,12-13H2,1-4H3,(H,23,25). The highest BCUT2D eigenvalue weighted by Gasteiger charge is 2.33. The summed E-state index contributed by atoms with van der Waals surface area (Å²) in [6.45, 7) is 7.51. The molecule has 0 bridgehead atoms. The molecule has 0 radical (unpaired) electrons. The first kappa shape index (κ1) is 22.5. The molecule has 0 saturated carbocycles. The average molecular weight is 419 g/mol. The fraction of sp³-hybridized carbons (Fsp3) is 0.400. The molecule has 1 aromatic carbocycles. The summed E-state index contributed by atoms with van der Waals surface area (Å²) >= 11 is 0. The second kappa shape index (κ2) is 9.60. The lowest BCUT2D eigenvalue weighted by Crippen LogP contribution is -2.38. The Bertz CT molecular complexity index is 942. The number of hydrogen-bond donors (Lipinski definition) is 1. The minimum atomic E-state index is -4.22. The zero-order valence-electron chi connectivity index (χ0n) is 17.0. The highest BCUT2D eigenvalue weighted by Crippen LogP contribution is 2.24. The van der Waals surface area contributed by atoms with E-state index >= 15 is 0 Å². The molecule has 1 aromatic heterocycles. The molecule has 0 aliphatic rings. The van der Waals surface area contributed by atoms with Gasteiger partial charge in [-0.15, -0.1) is 0 Å². The van der Waals surface area contributed by atoms with Crippen LogP contribution in [0.3, 0.4) is 0 Å². The number of carbonyl (C=O) groups is 2. The lowest BCUT2D eigenvalue weighted by Gasteiger charge is -2.21. The van der Waals surface area contributed by atoms with E-state index in [1.54, 1.807) is 0 Å². The molecule has 0 unspecified atom stereocenters. The summed E-state index contributed by atoms with van der Waals surface area (Å²) < 4.78 is 27.0. The molecule has 0 spiro atoms. The lowest BCUT2D eigenvalue weighted by molar-refractivity contribution is -0.118. The Morgan fingerprint density at radius 2 is 1.52 bits per heavy atom. The Hall–Kier alpha value is -2.81. The summed E-state index contributed by atoms with van der Waals surface area (Å²) in [5.41, 5.74) is 0.477. The number of benzene rings is 1. The van der Waals surface area contributed by atoms with E-state index in [1.165, 1.54) is 42.7 Å². The Labute approximate surface area is 171 Å². The van der Waals surface area contributed by atoms with Crippen LogP contribution in [0.2, 0.25) is 0 Å². The highest BCUT2D eigenvalue weighted by atomic mass is 32.2. The third-order valence-corrected chi connectivity index (χ3v) is 5.53. The van der Waals surface area contributed by atoms with E-state index < -0.39 is 15.9 Å². The maximum atomic E-state index is 13.2. The largest absolute Gasteiger partial charge is 0.326 e. The maximum Gasteiger partial charge on any atom is 0.273 e. The Balaban J connectivity index is 2.34. The van der Waals surface area contributed by atoms with Crippen molar-refractivity contribution in [1.29, 1.82) is 0 Å². The second-order valence-corrected chi connectivity index (χ2v) is 9.27. The highest BCUT2D eigenvalue weighted by molar-refractivity contribution is 7.93. The van der Waals surface area contributed by atoms with Gasteiger partial charge in [0.05, 0.1) is 4.90 Å². The van der Waals surface area contributed by atoms with Crippen molar-refractivity contribution in [3.8, 4) is 0 Å². The average Bonchev–Trinajstić information content (AvgIpc) is 2.61. The smallest absolute Gasteiger partial charge is 0.273 e. The monoisotopic (exact) mass is 418 g/mol. The molecule has 1 heterocycles. The molecule has 29 heavy (non-hydrogen) atoms. The molecule has 0 atom stereocenters. The van der Waals surface area contributed by atoms with Crippen LogP contribution in [0.4, 0.5) is 11.6 Å². The normalized spacial score (nSPS) is 11.5. The summed E-state index contributed by atoms with van der Waals surface area (Å²) in [7, 11) is -4.22. The fourth-order valence-electron chi connectivity index (χ4n) is 2.58. The first-order chi connectivity index (χ1) is 13.6. The molecule has 9 heteroatoms. The van der Waals surface area contributed by atoms with Crippen LogP contribution in [-0.2, 0) is 19.6 Å². The summed E-state index contributed by atoms with van der Waals surface area (Å²) in [4.78, 5) is 32.4. The molecule has 0 aliphatic heterocycles. The summed E-state index contributed by atoms with van der Waals surface area (Å²) in [5.74, 6) is -0.793. The third-order valence-electron chi connectivity index (χ3n) is 3.81. The number of rotatable bonds is 8. The number of sulfonamides is 1. The van der Waals surface area contributed by atoms with Gasteiger partial charge in [0, 0.05) is 30.9 Å². The minimum Gasteiger partial charge on any atom is -0.326 e. The van der Waals surface area contributed by atoms with Gasteiger partial charge in [0.2, 0.25) is 17.8 Å². The van der Waals surface area contributed by atoms with Crippen molar-refractivity contribution in [3.05, 3.63) is 42.7 Å². The van der Waals surface area contributed by atoms with Crippen molar-refractivity contribution in [2.24, 2.45) is 11.8 Å². The van der Waals surface area contributed by atoms with Crippen LogP contribution >= 0.6 is 0 Å². The van der Waals surface area contributed by atoms with Crippen molar-refractivity contribution in [1.82, 2.24) is 9.97 Å². The number of carbonyl (C=O) groups excluding carboxylic acids is 2. The molecular formula is C20H26N4O4S. The minimum absolute atomic E-state index is 0.0286. The molecule has 8 nitrogen and oxygen atoms in total. The molecule has 2 amide bonds. The van der Waals surface area contributed by atoms with Gasteiger partial charge in [0.25, 0.3) is 10.0 Å². The predicted octanol–water partition coefficient (Wildman–Crippen LogP) is 3.23. The fourth-order valence-corrected chi connectivity index (χ4v) is 3.92. The van der Waals surface area contributed by atoms with E-state index in [-0.39, 0.29) is 35.0 Å². The van der Waals surface area contributed by atoms with Gasteiger partial charge < -0.3 is 5.32 Å². The number of amides is 2. The predicted molar refractivity (Wildman–Crippen MR) is 111 cm³/mol. The zero-order valence-corrected chi connectivity index (χ0v) is 17.8. The van der Waals surface area contributed by atoms with Crippen molar-refractivity contribution in [2.75, 3.05) is 9.62 Å². The number of nitrogens with zero attached hydrogens (tertiary/aromatic N) is 3. The zero-order chi connectivity index (χ0) is 21.6. The number of nitrogens with one attached hydrogen (secondary N) is 1. The van der Waals surface area contributed by atoms with E-state index in [1.807, 2.05) is 27.7 Å². The first-order valence-corrected chi connectivity index (χ1v) is 10.8. The van der Waals surface area contributed by atoms with Gasteiger partial charge in [-0.25, -0.2) is 18.4 Å². The van der Waals surface area contributed by atoms with Gasteiger partial charge in [-0.05, 0) is 42.2 Å². The third kappa shape index (κ3) is 6.08. The Morgan fingerprint density at radius 1 is 0.966 bits per heavy atom.